The molecule has 0 aromatic heterocycles. The Labute approximate surface area is 129 Å². The van der Waals surface area contributed by atoms with Crippen molar-refractivity contribution in [2.24, 2.45) is 0 Å². The number of esters is 1. The summed E-state index contributed by atoms with van der Waals surface area (Å²) in [5, 5.41) is 2.47. The minimum Gasteiger partial charge on any atom is -0.465 e. The van der Waals surface area contributed by atoms with Gasteiger partial charge in [-0.15, -0.1) is 0 Å². The molecule has 2 aromatic rings. The normalized spacial score (nSPS) is 10.2. The molecule has 0 aliphatic carbocycles. The van der Waals surface area contributed by atoms with Crippen LogP contribution in [0.2, 0.25) is 5.02 Å². The van der Waals surface area contributed by atoms with Gasteiger partial charge in [-0.3, -0.25) is 4.79 Å². The quantitative estimate of drug-likeness (QED) is 0.876. The number of amides is 1. The lowest BCUT2D eigenvalue weighted by Gasteiger charge is -2.09. The van der Waals surface area contributed by atoms with E-state index in [1.807, 2.05) is 0 Å². The Morgan fingerprint density at radius 3 is 2.55 bits per heavy atom. The molecule has 7 heteroatoms. The van der Waals surface area contributed by atoms with Crippen molar-refractivity contribution in [2.75, 3.05) is 12.4 Å². The maximum Gasteiger partial charge on any atom is 0.337 e. The van der Waals surface area contributed by atoms with Crippen LogP contribution in [0.4, 0.5) is 14.5 Å². The van der Waals surface area contributed by atoms with Crippen molar-refractivity contribution >= 4 is 29.2 Å². The molecule has 0 aliphatic rings. The van der Waals surface area contributed by atoms with Crippen LogP contribution in [0.1, 0.15) is 20.7 Å². The zero-order chi connectivity index (χ0) is 16.3. The maximum atomic E-state index is 13.6. The predicted molar refractivity (Wildman–Crippen MR) is 77.1 cm³/mol. The van der Waals surface area contributed by atoms with Crippen molar-refractivity contribution < 1.29 is 23.1 Å². The lowest BCUT2D eigenvalue weighted by atomic mass is 10.1. The predicted octanol–water partition coefficient (Wildman–Crippen LogP) is 3.66. The molecule has 2 aromatic carbocycles. The van der Waals surface area contributed by atoms with E-state index in [-0.39, 0.29) is 16.3 Å². The Morgan fingerprint density at radius 2 is 1.86 bits per heavy atom. The molecule has 0 saturated heterocycles. The number of hydrogen-bond acceptors (Lipinski definition) is 3. The highest BCUT2D eigenvalue weighted by molar-refractivity contribution is 6.34. The van der Waals surface area contributed by atoms with E-state index in [1.54, 1.807) is 0 Å². The molecule has 1 amide bonds. The minimum absolute atomic E-state index is 0.0817. The molecule has 2 rings (SSSR count). The van der Waals surface area contributed by atoms with Crippen LogP contribution < -0.4 is 5.32 Å². The first-order chi connectivity index (χ1) is 10.4. The van der Waals surface area contributed by atoms with Crippen molar-refractivity contribution in [1.82, 2.24) is 0 Å². The van der Waals surface area contributed by atoms with E-state index in [4.69, 9.17) is 11.6 Å². The van der Waals surface area contributed by atoms with Gasteiger partial charge in [0.1, 0.15) is 11.6 Å². The number of carbonyl (C=O) groups is 2. The number of carbonyl (C=O) groups excluding carboxylic acids is 2. The van der Waals surface area contributed by atoms with E-state index in [1.165, 1.54) is 25.3 Å². The van der Waals surface area contributed by atoms with Crippen LogP contribution in [0.5, 0.6) is 0 Å². The van der Waals surface area contributed by atoms with Gasteiger partial charge in [-0.1, -0.05) is 11.6 Å². The number of ether oxygens (including phenoxy) is 1. The molecule has 0 fully saturated rings. The second kappa shape index (κ2) is 6.53. The Morgan fingerprint density at radius 1 is 1.14 bits per heavy atom. The van der Waals surface area contributed by atoms with Crippen LogP contribution in [0.25, 0.3) is 0 Å². The van der Waals surface area contributed by atoms with Crippen LogP contribution in [0.3, 0.4) is 0 Å². The summed E-state index contributed by atoms with van der Waals surface area (Å²) >= 11 is 5.91. The van der Waals surface area contributed by atoms with Gasteiger partial charge in [-0.05, 0) is 36.4 Å². The highest BCUT2D eigenvalue weighted by Crippen LogP contribution is 2.24. The Kier molecular flexibility index (Phi) is 4.72. The molecule has 114 valence electrons. The fourth-order valence-electron chi connectivity index (χ4n) is 1.73. The van der Waals surface area contributed by atoms with E-state index < -0.39 is 29.1 Å². The summed E-state index contributed by atoms with van der Waals surface area (Å²) in [5.41, 5.74) is -0.236. The smallest absolute Gasteiger partial charge is 0.337 e. The van der Waals surface area contributed by atoms with Crippen molar-refractivity contribution in [2.45, 2.75) is 0 Å². The summed E-state index contributed by atoms with van der Waals surface area (Å²) in [4.78, 5) is 23.4. The molecule has 0 unspecified atom stereocenters. The van der Waals surface area contributed by atoms with Gasteiger partial charge in [-0.25, -0.2) is 13.6 Å². The zero-order valence-corrected chi connectivity index (χ0v) is 12.1. The first-order valence-electron chi connectivity index (χ1n) is 6.06. The minimum atomic E-state index is -0.888. The van der Waals surface area contributed by atoms with Crippen molar-refractivity contribution in [3.8, 4) is 0 Å². The van der Waals surface area contributed by atoms with Gasteiger partial charge in [0.25, 0.3) is 5.91 Å². The molecule has 0 heterocycles. The molecule has 4 nitrogen and oxygen atoms in total. The molecule has 0 atom stereocenters. The highest BCUT2D eigenvalue weighted by Gasteiger charge is 2.16. The second-order valence-electron chi connectivity index (χ2n) is 4.26. The van der Waals surface area contributed by atoms with Gasteiger partial charge in [0.05, 0.1) is 28.9 Å². The summed E-state index contributed by atoms with van der Waals surface area (Å²) in [6.07, 6.45) is 0. The van der Waals surface area contributed by atoms with Crippen LogP contribution in [-0.2, 0) is 4.74 Å². The average Bonchev–Trinajstić information content (AvgIpc) is 2.50. The van der Waals surface area contributed by atoms with Gasteiger partial charge >= 0.3 is 5.97 Å². The first kappa shape index (κ1) is 15.9. The third kappa shape index (κ3) is 3.40. The molecule has 0 bridgehead atoms. The molecular formula is C15H10ClF2NO3. The average molecular weight is 326 g/mol. The van der Waals surface area contributed by atoms with Gasteiger partial charge in [-0.2, -0.15) is 0 Å². The monoisotopic (exact) mass is 325 g/mol. The topological polar surface area (TPSA) is 55.4 Å². The van der Waals surface area contributed by atoms with E-state index in [9.17, 15) is 18.4 Å². The largest absolute Gasteiger partial charge is 0.465 e. The number of anilines is 1. The SMILES string of the molecule is COC(=O)c1ccc(Cl)c(NC(=O)c2cc(F)ccc2F)c1. The Hall–Kier alpha value is -2.47. The molecule has 0 spiro atoms. The fourth-order valence-corrected chi connectivity index (χ4v) is 1.89. The third-order valence-electron chi connectivity index (χ3n) is 2.81. The Bertz CT molecular complexity index is 750. The zero-order valence-electron chi connectivity index (χ0n) is 11.3. The number of rotatable bonds is 3. The number of hydrogen-bond donors (Lipinski definition) is 1. The summed E-state index contributed by atoms with van der Waals surface area (Å²) in [7, 11) is 1.21. The summed E-state index contributed by atoms with van der Waals surface area (Å²) in [5.74, 6) is -3.13. The van der Waals surface area contributed by atoms with E-state index >= 15 is 0 Å². The van der Waals surface area contributed by atoms with E-state index in [2.05, 4.69) is 10.1 Å². The van der Waals surface area contributed by atoms with Crippen molar-refractivity contribution in [3.05, 3.63) is 64.2 Å². The summed E-state index contributed by atoms with van der Waals surface area (Å²) in [6.45, 7) is 0. The van der Waals surface area contributed by atoms with Crippen molar-refractivity contribution in [1.29, 1.82) is 0 Å². The molecule has 0 radical (unpaired) electrons. The number of benzene rings is 2. The van der Waals surface area contributed by atoms with Crippen LogP contribution >= 0.6 is 11.6 Å². The molecule has 22 heavy (non-hydrogen) atoms. The highest BCUT2D eigenvalue weighted by atomic mass is 35.5. The van der Waals surface area contributed by atoms with Crippen LogP contribution in [0, 0.1) is 11.6 Å². The number of halogens is 3. The van der Waals surface area contributed by atoms with Gasteiger partial charge in [0.2, 0.25) is 0 Å². The molecular weight excluding hydrogens is 316 g/mol. The standard InChI is InChI=1S/C15H10ClF2NO3/c1-22-15(21)8-2-4-11(16)13(6-8)19-14(20)10-7-9(17)3-5-12(10)18/h2-7H,1H3,(H,19,20). The maximum absolute atomic E-state index is 13.6. The number of methoxy groups -OCH3 is 1. The second-order valence-corrected chi connectivity index (χ2v) is 4.67. The first-order valence-corrected chi connectivity index (χ1v) is 6.44. The molecule has 0 aliphatic heterocycles. The van der Waals surface area contributed by atoms with Crippen LogP contribution in [-0.4, -0.2) is 19.0 Å². The van der Waals surface area contributed by atoms with Crippen molar-refractivity contribution in [3.63, 3.8) is 0 Å². The molecule has 0 saturated carbocycles. The van der Waals surface area contributed by atoms with E-state index in [0.29, 0.717) is 0 Å². The van der Waals surface area contributed by atoms with E-state index in [0.717, 1.165) is 18.2 Å². The lowest BCUT2D eigenvalue weighted by Crippen LogP contribution is -2.15. The summed E-state index contributed by atoms with van der Waals surface area (Å²) < 4.78 is 31.2. The van der Waals surface area contributed by atoms with Gasteiger partial charge in [0, 0.05) is 0 Å². The lowest BCUT2D eigenvalue weighted by molar-refractivity contribution is 0.0600. The fraction of sp³-hybridized carbons (Fsp3) is 0.0667. The number of nitrogens with one attached hydrogen (secondary N) is 1. The van der Waals surface area contributed by atoms with Gasteiger partial charge in [0.15, 0.2) is 0 Å². The van der Waals surface area contributed by atoms with Crippen LogP contribution in [0.15, 0.2) is 36.4 Å². The third-order valence-corrected chi connectivity index (χ3v) is 3.14. The summed E-state index contributed by atoms with van der Waals surface area (Å²) in [6, 6.07) is 6.58. The molecule has 1 N–H and O–H groups in total. The van der Waals surface area contributed by atoms with Gasteiger partial charge < -0.3 is 10.1 Å². The Balaban J connectivity index is 2.32.